The van der Waals surface area contributed by atoms with Gasteiger partial charge in [0.2, 0.25) is 0 Å². The predicted octanol–water partition coefficient (Wildman–Crippen LogP) is 0.653. The second-order valence-electron chi connectivity index (χ2n) is 3.52. The fraction of sp³-hybridized carbons (Fsp3) is 0.818. The van der Waals surface area contributed by atoms with E-state index < -0.39 is 0 Å². The van der Waals surface area contributed by atoms with Crippen LogP contribution in [0.4, 0.5) is 4.79 Å². The van der Waals surface area contributed by atoms with Crippen molar-refractivity contribution in [2.45, 2.75) is 25.7 Å². The Kier molecular flexibility index (Phi) is 18.1. The minimum Gasteiger partial charge on any atom is -0.452 e. The van der Waals surface area contributed by atoms with Crippen LogP contribution < -0.4 is 16.4 Å². The summed E-state index contributed by atoms with van der Waals surface area (Å²) in [5, 5.41) is 5.96. The first-order valence-corrected chi connectivity index (χ1v) is 5.92. The van der Waals surface area contributed by atoms with Gasteiger partial charge in [-0.25, -0.2) is 4.79 Å². The van der Waals surface area contributed by atoms with Crippen molar-refractivity contribution in [3.63, 3.8) is 0 Å². The predicted molar refractivity (Wildman–Crippen MR) is 65.1 cm³/mol. The molecule has 0 unspecified atom stereocenters. The van der Waals surface area contributed by atoms with Crippen molar-refractivity contribution in [2.75, 3.05) is 32.8 Å². The SMILES string of the molecule is [Au+].[CH2-]CCOC(=O)NCCCCNCCCN. The van der Waals surface area contributed by atoms with Crippen LogP contribution in [0.25, 0.3) is 0 Å². The zero-order chi connectivity index (χ0) is 12.1. The van der Waals surface area contributed by atoms with E-state index in [2.05, 4.69) is 17.6 Å². The fourth-order valence-electron chi connectivity index (χ4n) is 1.13. The summed E-state index contributed by atoms with van der Waals surface area (Å²) in [6.07, 6.45) is 3.27. The molecule has 0 aromatic rings. The number of alkyl carbamates (subject to hydrolysis) is 1. The van der Waals surface area contributed by atoms with Crippen LogP contribution in [0.5, 0.6) is 0 Å². The summed E-state index contributed by atoms with van der Waals surface area (Å²) in [4.78, 5) is 11.0. The standard InChI is InChI=1S/C11H24N3O2.Au/c1-2-10-16-11(15)14-9-4-3-7-13-8-5-6-12;/h13H,1-10,12H2,(H,14,15);/q-1;+1. The van der Waals surface area contributed by atoms with Gasteiger partial charge >= 0.3 is 28.5 Å². The summed E-state index contributed by atoms with van der Waals surface area (Å²) < 4.78 is 4.81. The summed E-state index contributed by atoms with van der Waals surface area (Å²) in [7, 11) is 0. The van der Waals surface area contributed by atoms with Gasteiger partial charge in [0.05, 0.1) is 6.61 Å². The van der Waals surface area contributed by atoms with E-state index in [1.54, 1.807) is 0 Å². The minimum absolute atomic E-state index is 0. The van der Waals surface area contributed by atoms with E-state index in [1.807, 2.05) is 0 Å². The van der Waals surface area contributed by atoms with Crippen molar-refractivity contribution in [3.8, 4) is 0 Å². The van der Waals surface area contributed by atoms with E-state index in [4.69, 9.17) is 10.5 Å². The van der Waals surface area contributed by atoms with Crippen LogP contribution in [-0.4, -0.2) is 38.9 Å². The summed E-state index contributed by atoms with van der Waals surface area (Å²) in [6, 6.07) is 0. The van der Waals surface area contributed by atoms with Crippen LogP contribution >= 0.6 is 0 Å². The molecule has 0 radical (unpaired) electrons. The molecular weight excluding hydrogens is 403 g/mol. The smallest absolute Gasteiger partial charge is 0.452 e. The maximum Gasteiger partial charge on any atom is 1.00 e. The molecule has 0 rings (SSSR count). The molecule has 0 aliphatic rings. The van der Waals surface area contributed by atoms with E-state index in [9.17, 15) is 4.79 Å². The molecule has 0 saturated heterocycles. The van der Waals surface area contributed by atoms with Crippen molar-refractivity contribution >= 4 is 6.09 Å². The second-order valence-corrected chi connectivity index (χ2v) is 3.52. The normalized spacial score (nSPS) is 9.53. The Morgan fingerprint density at radius 3 is 2.47 bits per heavy atom. The number of carbonyl (C=O) groups is 1. The number of amides is 1. The van der Waals surface area contributed by atoms with Crippen LogP contribution in [-0.2, 0) is 27.1 Å². The summed E-state index contributed by atoms with van der Waals surface area (Å²) in [5.41, 5.74) is 5.36. The molecule has 0 atom stereocenters. The molecule has 0 bridgehead atoms. The second kappa shape index (κ2) is 15.9. The Bertz CT molecular complexity index is 171. The quantitative estimate of drug-likeness (QED) is 0.272. The Labute approximate surface area is 120 Å². The molecule has 5 nitrogen and oxygen atoms in total. The van der Waals surface area contributed by atoms with E-state index in [0.717, 1.165) is 38.9 Å². The number of carbonyl (C=O) groups excluding carboxylic acids is 1. The van der Waals surface area contributed by atoms with Crippen LogP contribution in [0.2, 0.25) is 0 Å². The molecule has 0 heterocycles. The van der Waals surface area contributed by atoms with Crippen LogP contribution in [0.1, 0.15) is 25.7 Å². The number of unbranched alkanes of at least 4 members (excludes halogenated alkanes) is 1. The molecule has 1 amide bonds. The average Bonchev–Trinajstić information content (AvgIpc) is 2.30. The maximum atomic E-state index is 11.0. The molecule has 0 aliphatic heterocycles. The number of hydrogen-bond acceptors (Lipinski definition) is 4. The Morgan fingerprint density at radius 1 is 1.18 bits per heavy atom. The minimum atomic E-state index is -0.347. The average molecular weight is 427 g/mol. The molecule has 4 N–H and O–H groups in total. The number of hydrogen-bond donors (Lipinski definition) is 3. The first-order valence-electron chi connectivity index (χ1n) is 5.92. The Hall–Kier alpha value is -0.0697. The van der Waals surface area contributed by atoms with E-state index >= 15 is 0 Å². The van der Waals surface area contributed by atoms with Gasteiger partial charge < -0.3 is 28.0 Å². The Morgan fingerprint density at radius 2 is 1.82 bits per heavy atom. The van der Waals surface area contributed by atoms with Crippen LogP contribution in [0.15, 0.2) is 0 Å². The van der Waals surface area contributed by atoms with E-state index in [1.165, 1.54) is 0 Å². The monoisotopic (exact) mass is 427 g/mol. The van der Waals surface area contributed by atoms with Crippen molar-refractivity contribution < 1.29 is 31.9 Å². The summed E-state index contributed by atoms with van der Waals surface area (Å²) >= 11 is 0. The molecule has 0 saturated carbocycles. The third-order valence-corrected chi connectivity index (χ3v) is 1.98. The van der Waals surface area contributed by atoms with Gasteiger partial charge in [-0.15, -0.1) is 6.42 Å². The van der Waals surface area contributed by atoms with Crippen molar-refractivity contribution in [2.24, 2.45) is 5.73 Å². The molecule has 17 heavy (non-hydrogen) atoms. The molecule has 106 valence electrons. The van der Waals surface area contributed by atoms with Gasteiger partial charge in [0, 0.05) is 6.54 Å². The van der Waals surface area contributed by atoms with Crippen molar-refractivity contribution in [1.29, 1.82) is 0 Å². The van der Waals surface area contributed by atoms with Gasteiger partial charge in [0.15, 0.2) is 0 Å². The number of rotatable bonds is 10. The van der Waals surface area contributed by atoms with Gasteiger partial charge in [-0.05, 0) is 38.9 Å². The number of ether oxygens (including phenoxy) is 1. The largest absolute Gasteiger partial charge is 1.00 e. The van der Waals surface area contributed by atoms with Gasteiger partial charge in [-0.2, -0.15) is 0 Å². The topological polar surface area (TPSA) is 76.4 Å². The molecule has 0 aromatic heterocycles. The third kappa shape index (κ3) is 15.9. The number of nitrogens with two attached hydrogens (primary N) is 1. The van der Waals surface area contributed by atoms with Crippen molar-refractivity contribution in [1.82, 2.24) is 10.6 Å². The summed E-state index contributed by atoms with van der Waals surface area (Å²) in [6.45, 7) is 7.29. The molecule has 0 spiro atoms. The number of nitrogens with one attached hydrogen (secondary N) is 2. The maximum absolute atomic E-state index is 11.0. The third-order valence-electron chi connectivity index (χ3n) is 1.98. The summed E-state index contributed by atoms with van der Waals surface area (Å²) in [5.74, 6) is 0. The van der Waals surface area contributed by atoms with Crippen molar-refractivity contribution in [3.05, 3.63) is 6.92 Å². The zero-order valence-corrected chi connectivity index (χ0v) is 12.4. The van der Waals surface area contributed by atoms with Crippen LogP contribution in [0, 0.1) is 6.92 Å². The first-order chi connectivity index (χ1) is 7.81. The Balaban J connectivity index is 0. The van der Waals surface area contributed by atoms with E-state index in [0.29, 0.717) is 19.6 Å². The van der Waals surface area contributed by atoms with Gasteiger partial charge in [0.25, 0.3) is 0 Å². The molecule has 0 aliphatic carbocycles. The van der Waals surface area contributed by atoms with Gasteiger partial charge in [-0.3, -0.25) is 0 Å². The van der Waals surface area contributed by atoms with E-state index in [-0.39, 0.29) is 28.5 Å². The first kappa shape index (κ1) is 19.3. The molecule has 0 fully saturated rings. The molecule has 0 aromatic carbocycles. The molecule has 6 heteroatoms. The van der Waals surface area contributed by atoms with Gasteiger partial charge in [-0.1, -0.05) is 0 Å². The molecular formula is C11H24AuN3O2. The van der Waals surface area contributed by atoms with Crippen LogP contribution in [0.3, 0.4) is 0 Å². The fourth-order valence-corrected chi connectivity index (χ4v) is 1.13. The van der Waals surface area contributed by atoms with Gasteiger partial charge in [0.1, 0.15) is 0 Å². The zero-order valence-electron chi connectivity index (χ0n) is 10.3.